The summed E-state index contributed by atoms with van der Waals surface area (Å²) < 4.78 is 35.7. The van der Waals surface area contributed by atoms with Crippen LogP contribution in [0.5, 0.6) is 17.5 Å². The van der Waals surface area contributed by atoms with Gasteiger partial charge in [0.25, 0.3) is 0 Å². The van der Waals surface area contributed by atoms with Gasteiger partial charge in [-0.1, -0.05) is 24.3 Å². The SMILES string of the molecule is COc1ccc(CCOc2nc(N3CCOCC3)c3cc(-c4ccc(F)cc4)ccc3n2)cc1OC. The van der Waals surface area contributed by atoms with Crippen LogP contribution in [0.15, 0.2) is 60.7 Å². The minimum absolute atomic E-state index is 0.258. The van der Waals surface area contributed by atoms with Crippen molar-refractivity contribution in [3.8, 4) is 28.6 Å². The molecule has 1 aliphatic heterocycles. The smallest absolute Gasteiger partial charge is 0.318 e. The van der Waals surface area contributed by atoms with Gasteiger partial charge in [0.1, 0.15) is 11.6 Å². The Labute approximate surface area is 209 Å². The molecule has 186 valence electrons. The highest BCUT2D eigenvalue weighted by molar-refractivity contribution is 5.93. The summed E-state index contributed by atoms with van der Waals surface area (Å²) >= 11 is 0. The molecular weight excluding hydrogens is 461 g/mol. The summed E-state index contributed by atoms with van der Waals surface area (Å²) in [7, 11) is 3.24. The molecule has 1 aromatic heterocycles. The molecule has 0 N–H and O–H groups in total. The van der Waals surface area contributed by atoms with E-state index < -0.39 is 0 Å². The lowest BCUT2D eigenvalue weighted by Gasteiger charge is -2.29. The number of rotatable bonds is 8. The van der Waals surface area contributed by atoms with Crippen molar-refractivity contribution in [3.63, 3.8) is 0 Å². The van der Waals surface area contributed by atoms with Crippen LogP contribution in [0.25, 0.3) is 22.0 Å². The fraction of sp³-hybridized carbons (Fsp3) is 0.286. The van der Waals surface area contributed by atoms with E-state index in [4.69, 9.17) is 23.9 Å². The van der Waals surface area contributed by atoms with E-state index >= 15 is 0 Å². The van der Waals surface area contributed by atoms with Gasteiger partial charge in [0.2, 0.25) is 0 Å². The molecule has 1 fully saturated rings. The minimum Gasteiger partial charge on any atom is -0.493 e. The number of hydrogen-bond acceptors (Lipinski definition) is 7. The zero-order valence-corrected chi connectivity index (χ0v) is 20.4. The molecule has 1 aliphatic rings. The van der Waals surface area contributed by atoms with E-state index in [2.05, 4.69) is 16.0 Å². The van der Waals surface area contributed by atoms with E-state index in [1.807, 2.05) is 30.3 Å². The van der Waals surface area contributed by atoms with Crippen molar-refractivity contribution in [1.29, 1.82) is 0 Å². The molecule has 0 aliphatic carbocycles. The molecule has 3 aromatic carbocycles. The summed E-state index contributed by atoms with van der Waals surface area (Å²) in [6.07, 6.45) is 0.665. The van der Waals surface area contributed by atoms with Crippen LogP contribution in [0.4, 0.5) is 10.2 Å². The summed E-state index contributed by atoms with van der Waals surface area (Å²) in [6, 6.07) is 18.6. The monoisotopic (exact) mass is 489 g/mol. The molecule has 7 nitrogen and oxygen atoms in total. The second-order valence-electron chi connectivity index (χ2n) is 8.46. The maximum atomic E-state index is 13.4. The third-order valence-corrected chi connectivity index (χ3v) is 6.21. The molecule has 0 bridgehead atoms. The number of benzene rings is 3. The average molecular weight is 490 g/mol. The summed E-state index contributed by atoms with van der Waals surface area (Å²) in [5.74, 6) is 1.93. The predicted molar refractivity (Wildman–Crippen MR) is 137 cm³/mol. The van der Waals surface area contributed by atoms with E-state index in [0.717, 1.165) is 46.5 Å². The minimum atomic E-state index is -0.258. The van der Waals surface area contributed by atoms with Gasteiger partial charge in [-0.2, -0.15) is 9.97 Å². The quantitative estimate of drug-likeness (QED) is 0.348. The fourth-order valence-corrected chi connectivity index (χ4v) is 4.29. The molecule has 0 radical (unpaired) electrons. The Hall–Kier alpha value is -3.91. The predicted octanol–water partition coefficient (Wildman–Crippen LogP) is 4.91. The molecule has 5 rings (SSSR count). The number of morpholine rings is 1. The van der Waals surface area contributed by atoms with Crippen molar-refractivity contribution in [1.82, 2.24) is 9.97 Å². The molecule has 8 heteroatoms. The van der Waals surface area contributed by atoms with Crippen molar-refractivity contribution in [2.45, 2.75) is 6.42 Å². The molecule has 1 saturated heterocycles. The summed E-state index contributed by atoms with van der Waals surface area (Å²) in [4.78, 5) is 11.7. The second kappa shape index (κ2) is 10.8. The lowest BCUT2D eigenvalue weighted by Crippen LogP contribution is -2.37. The Kier molecular flexibility index (Phi) is 7.13. The van der Waals surface area contributed by atoms with Gasteiger partial charge in [-0.15, -0.1) is 0 Å². The van der Waals surface area contributed by atoms with E-state index in [1.54, 1.807) is 26.4 Å². The first-order valence-corrected chi connectivity index (χ1v) is 11.9. The first-order chi connectivity index (χ1) is 17.6. The van der Waals surface area contributed by atoms with Crippen LogP contribution in [0.2, 0.25) is 0 Å². The lowest BCUT2D eigenvalue weighted by molar-refractivity contribution is 0.122. The summed E-state index contributed by atoms with van der Waals surface area (Å²) in [5, 5.41) is 0.922. The van der Waals surface area contributed by atoms with E-state index in [-0.39, 0.29) is 5.82 Å². The van der Waals surface area contributed by atoms with Gasteiger partial charge in [0, 0.05) is 24.9 Å². The van der Waals surface area contributed by atoms with Gasteiger partial charge in [-0.25, -0.2) is 4.39 Å². The standard InChI is InChI=1S/C28H28FN3O4/c1-33-25-10-3-19(17-26(25)34-2)11-14-36-28-30-24-9-6-21(20-4-7-22(29)8-5-20)18-23(24)27(31-28)32-12-15-35-16-13-32/h3-10,17-18H,11-16H2,1-2H3. The van der Waals surface area contributed by atoms with Gasteiger partial charge < -0.3 is 23.8 Å². The second-order valence-corrected chi connectivity index (χ2v) is 8.46. The number of hydrogen-bond donors (Lipinski definition) is 0. The molecule has 0 amide bonds. The van der Waals surface area contributed by atoms with Crippen LogP contribution in [0.1, 0.15) is 5.56 Å². The largest absolute Gasteiger partial charge is 0.493 e. The van der Waals surface area contributed by atoms with Crippen LogP contribution in [-0.2, 0) is 11.2 Å². The topological polar surface area (TPSA) is 65.9 Å². The van der Waals surface area contributed by atoms with Crippen molar-refractivity contribution in [2.24, 2.45) is 0 Å². The number of ether oxygens (including phenoxy) is 4. The Morgan fingerprint density at radius 2 is 1.61 bits per heavy atom. The van der Waals surface area contributed by atoms with Crippen LogP contribution >= 0.6 is 0 Å². The average Bonchev–Trinajstić information content (AvgIpc) is 2.93. The Morgan fingerprint density at radius 3 is 2.36 bits per heavy atom. The molecular formula is C28H28FN3O4. The number of aromatic nitrogens is 2. The first kappa shape index (κ1) is 23.8. The van der Waals surface area contributed by atoms with Crippen molar-refractivity contribution in [3.05, 3.63) is 72.0 Å². The fourth-order valence-electron chi connectivity index (χ4n) is 4.29. The highest BCUT2D eigenvalue weighted by Gasteiger charge is 2.19. The summed E-state index contributed by atoms with van der Waals surface area (Å²) in [6.45, 7) is 3.16. The van der Waals surface area contributed by atoms with Crippen molar-refractivity contribution in [2.75, 3.05) is 52.0 Å². The van der Waals surface area contributed by atoms with E-state index in [0.29, 0.717) is 43.8 Å². The zero-order chi connectivity index (χ0) is 24.9. The maximum absolute atomic E-state index is 13.4. The van der Waals surface area contributed by atoms with Gasteiger partial charge in [-0.05, 0) is 53.1 Å². The van der Waals surface area contributed by atoms with E-state index in [9.17, 15) is 4.39 Å². The number of methoxy groups -OCH3 is 2. The highest BCUT2D eigenvalue weighted by Crippen LogP contribution is 2.32. The Bertz CT molecular complexity index is 1340. The molecule has 0 saturated carbocycles. The van der Waals surface area contributed by atoms with Crippen molar-refractivity contribution < 1.29 is 23.3 Å². The molecule has 0 spiro atoms. The Balaban J connectivity index is 1.42. The van der Waals surface area contributed by atoms with E-state index in [1.165, 1.54) is 12.1 Å². The first-order valence-electron chi connectivity index (χ1n) is 11.9. The number of nitrogens with zero attached hydrogens (tertiary/aromatic N) is 3. The van der Waals surface area contributed by atoms with Crippen LogP contribution in [-0.4, -0.2) is 57.1 Å². The van der Waals surface area contributed by atoms with Crippen LogP contribution < -0.4 is 19.1 Å². The Morgan fingerprint density at radius 1 is 0.861 bits per heavy atom. The third kappa shape index (κ3) is 5.18. The molecule has 2 heterocycles. The molecule has 36 heavy (non-hydrogen) atoms. The zero-order valence-electron chi connectivity index (χ0n) is 20.4. The van der Waals surface area contributed by atoms with Crippen LogP contribution in [0.3, 0.4) is 0 Å². The third-order valence-electron chi connectivity index (χ3n) is 6.21. The van der Waals surface area contributed by atoms with Gasteiger partial charge in [0.05, 0.1) is 39.6 Å². The van der Waals surface area contributed by atoms with Gasteiger partial charge in [0.15, 0.2) is 11.5 Å². The number of halogens is 1. The highest BCUT2D eigenvalue weighted by atomic mass is 19.1. The van der Waals surface area contributed by atoms with Crippen LogP contribution in [0, 0.1) is 5.82 Å². The molecule has 0 atom stereocenters. The maximum Gasteiger partial charge on any atom is 0.318 e. The summed E-state index contributed by atoms with van der Waals surface area (Å²) in [5.41, 5.74) is 3.76. The molecule has 4 aromatic rings. The normalized spacial score (nSPS) is 13.6. The lowest BCUT2D eigenvalue weighted by atomic mass is 10.0. The van der Waals surface area contributed by atoms with Gasteiger partial charge in [-0.3, -0.25) is 0 Å². The number of anilines is 1. The molecule has 0 unspecified atom stereocenters. The number of fused-ring (bicyclic) bond motifs is 1. The van der Waals surface area contributed by atoms with Crippen molar-refractivity contribution >= 4 is 16.7 Å². The van der Waals surface area contributed by atoms with Gasteiger partial charge >= 0.3 is 6.01 Å².